The Morgan fingerprint density at radius 3 is 2.61 bits per heavy atom. The number of rotatable bonds is 5. The first-order valence-electron chi connectivity index (χ1n) is 8.35. The van der Waals surface area contributed by atoms with Gasteiger partial charge in [-0.2, -0.15) is 0 Å². The van der Waals surface area contributed by atoms with Gasteiger partial charge in [0, 0.05) is 35.6 Å². The molecule has 0 fully saturated rings. The zero-order chi connectivity index (χ0) is 20.3. The van der Waals surface area contributed by atoms with Crippen molar-refractivity contribution >= 4 is 17.3 Å². The number of anilines is 1. The van der Waals surface area contributed by atoms with Gasteiger partial charge in [0.2, 0.25) is 0 Å². The zero-order valence-electron chi connectivity index (χ0n) is 14.9. The van der Waals surface area contributed by atoms with E-state index in [9.17, 15) is 24.1 Å². The van der Waals surface area contributed by atoms with Crippen molar-refractivity contribution in [2.24, 2.45) is 0 Å². The van der Waals surface area contributed by atoms with Crippen LogP contribution in [0.25, 0.3) is 0 Å². The van der Waals surface area contributed by atoms with E-state index in [0.717, 1.165) is 0 Å². The largest absolute Gasteiger partial charge is 0.322 e. The van der Waals surface area contributed by atoms with Gasteiger partial charge in [-0.15, -0.1) is 0 Å². The van der Waals surface area contributed by atoms with E-state index in [-0.39, 0.29) is 23.4 Å². The SMILES string of the molecule is Cc1cc([N+](=O)[O-])ccc1NC(=O)c1ccc(=O)n(Cc2ccccc2F)c1. The number of nitrogens with zero attached hydrogens (tertiary/aromatic N) is 2. The van der Waals surface area contributed by atoms with Crippen LogP contribution in [0.2, 0.25) is 0 Å². The average Bonchev–Trinajstić information content (AvgIpc) is 2.66. The topological polar surface area (TPSA) is 94.2 Å². The summed E-state index contributed by atoms with van der Waals surface area (Å²) in [7, 11) is 0. The molecule has 0 radical (unpaired) electrons. The standard InChI is InChI=1S/C20H16FN3O4/c1-13-10-16(24(27)28)7-8-18(13)22-20(26)15-6-9-19(25)23(12-15)11-14-4-2-3-5-17(14)21/h2-10,12H,11H2,1H3,(H,22,26). The quantitative estimate of drug-likeness (QED) is 0.541. The van der Waals surface area contributed by atoms with E-state index < -0.39 is 16.6 Å². The first kappa shape index (κ1) is 19.0. The number of nitrogens with one attached hydrogen (secondary N) is 1. The molecule has 0 aliphatic rings. The second-order valence-electron chi connectivity index (χ2n) is 6.19. The minimum Gasteiger partial charge on any atom is -0.322 e. The van der Waals surface area contributed by atoms with E-state index in [0.29, 0.717) is 16.8 Å². The van der Waals surface area contributed by atoms with Gasteiger partial charge in [-0.05, 0) is 30.7 Å². The molecule has 8 heteroatoms. The van der Waals surface area contributed by atoms with Gasteiger partial charge in [0.15, 0.2) is 0 Å². The fraction of sp³-hybridized carbons (Fsp3) is 0.100. The van der Waals surface area contributed by atoms with Crippen molar-refractivity contribution in [3.05, 3.63) is 104 Å². The number of halogens is 1. The van der Waals surface area contributed by atoms with Gasteiger partial charge < -0.3 is 9.88 Å². The lowest BCUT2D eigenvalue weighted by molar-refractivity contribution is -0.384. The highest BCUT2D eigenvalue weighted by molar-refractivity contribution is 6.04. The number of pyridine rings is 1. The van der Waals surface area contributed by atoms with Crippen LogP contribution in [-0.4, -0.2) is 15.4 Å². The predicted octanol–water partition coefficient (Wildman–Crippen LogP) is 3.50. The molecular formula is C20H16FN3O4. The number of benzene rings is 2. The summed E-state index contributed by atoms with van der Waals surface area (Å²) < 4.78 is 15.1. The Morgan fingerprint density at radius 1 is 1.18 bits per heavy atom. The number of hydrogen-bond donors (Lipinski definition) is 1. The number of aryl methyl sites for hydroxylation is 1. The van der Waals surface area contributed by atoms with Crippen molar-refractivity contribution in [1.82, 2.24) is 4.57 Å². The molecule has 0 saturated heterocycles. The Hall–Kier alpha value is -3.81. The molecule has 0 atom stereocenters. The molecule has 0 aliphatic carbocycles. The van der Waals surface area contributed by atoms with Crippen LogP contribution in [0.15, 0.2) is 65.6 Å². The molecule has 0 unspecified atom stereocenters. The Kier molecular flexibility index (Phi) is 5.30. The van der Waals surface area contributed by atoms with Crippen molar-refractivity contribution in [2.75, 3.05) is 5.32 Å². The first-order chi connectivity index (χ1) is 13.3. The second-order valence-corrected chi connectivity index (χ2v) is 6.19. The van der Waals surface area contributed by atoms with Crippen LogP contribution in [0.1, 0.15) is 21.5 Å². The second kappa shape index (κ2) is 7.83. The molecule has 1 amide bonds. The summed E-state index contributed by atoms with van der Waals surface area (Å²) in [5, 5.41) is 13.5. The van der Waals surface area contributed by atoms with Crippen LogP contribution >= 0.6 is 0 Å². The molecule has 3 aromatic rings. The van der Waals surface area contributed by atoms with Crippen LogP contribution in [-0.2, 0) is 6.54 Å². The molecule has 142 valence electrons. The van der Waals surface area contributed by atoms with Gasteiger partial charge >= 0.3 is 0 Å². The fourth-order valence-corrected chi connectivity index (χ4v) is 2.70. The van der Waals surface area contributed by atoms with Gasteiger partial charge in [-0.1, -0.05) is 18.2 Å². The van der Waals surface area contributed by atoms with Gasteiger partial charge in [0.05, 0.1) is 17.0 Å². The molecule has 28 heavy (non-hydrogen) atoms. The molecule has 2 aromatic carbocycles. The number of nitro groups is 1. The minimum atomic E-state index is -0.517. The fourth-order valence-electron chi connectivity index (χ4n) is 2.70. The van der Waals surface area contributed by atoms with Crippen LogP contribution in [0.5, 0.6) is 0 Å². The van der Waals surface area contributed by atoms with Crippen LogP contribution < -0.4 is 10.9 Å². The predicted molar refractivity (Wildman–Crippen MR) is 102 cm³/mol. The molecule has 7 nitrogen and oxygen atoms in total. The number of amides is 1. The van der Waals surface area contributed by atoms with E-state index >= 15 is 0 Å². The van der Waals surface area contributed by atoms with Crippen molar-refractivity contribution in [3.63, 3.8) is 0 Å². The van der Waals surface area contributed by atoms with Crippen LogP contribution in [0, 0.1) is 22.9 Å². The van der Waals surface area contributed by atoms with Crippen LogP contribution in [0.3, 0.4) is 0 Å². The van der Waals surface area contributed by atoms with E-state index in [1.54, 1.807) is 25.1 Å². The summed E-state index contributed by atoms with van der Waals surface area (Å²) in [6, 6.07) is 12.8. The molecule has 1 heterocycles. The smallest absolute Gasteiger partial charge is 0.269 e. The lowest BCUT2D eigenvalue weighted by atomic mass is 10.1. The number of aromatic nitrogens is 1. The molecule has 0 aliphatic heterocycles. The number of nitro benzene ring substituents is 1. The third-order valence-corrected chi connectivity index (χ3v) is 4.21. The summed E-state index contributed by atoms with van der Waals surface area (Å²) in [6.07, 6.45) is 1.35. The van der Waals surface area contributed by atoms with E-state index in [1.807, 2.05) is 0 Å². The maximum Gasteiger partial charge on any atom is 0.269 e. The maximum absolute atomic E-state index is 13.8. The van der Waals surface area contributed by atoms with Crippen molar-refractivity contribution in [1.29, 1.82) is 0 Å². The van der Waals surface area contributed by atoms with Gasteiger partial charge in [-0.25, -0.2) is 4.39 Å². The summed E-state index contributed by atoms with van der Waals surface area (Å²) in [5.74, 6) is -0.926. The summed E-state index contributed by atoms with van der Waals surface area (Å²) in [4.78, 5) is 34.9. The number of non-ortho nitro benzene ring substituents is 1. The number of hydrogen-bond acceptors (Lipinski definition) is 4. The van der Waals surface area contributed by atoms with Crippen molar-refractivity contribution < 1.29 is 14.1 Å². The van der Waals surface area contributed by atoms with Crippen LogP contribution in [0.4, 0.5) is 15.8 Å². The number of carbonyl (C=O) groups excluding carboxylic acids is 1. The third kappa shape index (κ3) is 4.12. The van der Waals surface area contributed by atoms with Gasteiger partial charge in [-0.3, -0.25) is 19.7 Å². The van der Waals surface area contributed by atoms with E-state index in [2.05, 4.69) is 5.32 Å². The highest BCUT2D eigenvalue weighted by Crippen LogP contribution is 2.21. The monoisotopic (exact) mass is 381 g/mol. The Balaban J connectivity index is 1.84. The van der Waals surface area contributed by atoms with Crippen molar-refractivity contribution in [2.45, 2.75) is 13.5 Å². The maximum atomic E-state index is 13.8. The summed E-state index contributed by atoms with van der Waals surface area (Å²) >= 11 is 0. The average molecular weight is 381 g/mol. The Labute approximate surface area is 159 Å². The molecule has 1 aromatic heterocycles. The van der Waals surface area contributed by atoms with Gasteiger partial charge in [0.25, 0.3) is 17.2 Å². The normalized spacial score (nSPS) is 10.5. The highest BCUT2D eigenvalue weighted by atomic mass is 19.1. The lowest BCUT2D eigenvalue weighted by Crippen LogP contribution is -2.23. The zero-order valence-corrected chi connectivity index (χ0v) is 14.9. The Bertz CT molecular complexity index is 1120. The highest BCUT2D eigenvalue weighted by Gasteiger charge is 2.13. The molecule has 0 spiro atoms. The lowest BCUT2D eigenvalue weighted by Gasteiger charge is -2.11. The molecule has 3 rings (SSSR count). The molecule has 1 N–H and O–H groups in total. The summed E-state index contributed by atoms with van der Waals surface area (Å²) in [5.41, 5.74) is 1.03. The van der Waals surface area contributed by atoms with E-state index in [1.165, 1.54) is 47.2 Å². The minimum absolute atomic E-state index is 0.0107. The Morgan fingerprint density at radius 2 is 1.93 bits per heavy atom. The van der Waals surface area contributed by atoms with Crippen molar-refractivity contribution in [3.8, 4) is 0 Å². The molecule has 0 bridgehead atoms. The molecule has 0 saturated carbocycles. The van der Waals surface area contributed by atoms with E-state index in [4.69, 9.17) is 0 Å². The first-order valence-corrected chi connectivity index (χ1v) is 8.35. The van der Waals surface area contributed by atoms with Gasteiger partial charge in [0.1, 0.15) is 5.82 Å². The third-order valence-electron chi connectivity index (χ3n) is 4.21. The molecular weight excluding hydrogens is 365 g/mol. The summed E-state index contributed by atoms with van der Waals surface area (Å²) in [6.45, 7) is 1.63. The number of carbonyl (C=O) groups is 1.